The molecule has 0 saturated heterocycles. The van der Waals surface area contributed by atoms with Gasteiger partial charge in [-0.25, -0.2) is 9.97 Å². The van der Waals surface area contributed by atoms with E-state index in [0.717, 1.165) is 23.0 Å². The molecule has 1 unspecified atom stereocenters. The van der Waals surface area contributed by atoms with E-state index in [4.69, 9.17) is 9.72 Å². The second-order valence-corrected chi connectivity index (χ2v) is 8.01. The highest BCUT2D eigenvalue weighted by Gasteiger charge is 2.13. The minimum atomic E-state index is 0.300. The maximum atomic E-state index is 5.98. The number of aryl methyl sites for hydroxylation is 2. The number of hydrogen-bond acceptors (Lipinski definition) is 3. The molecule has 0 aliphatic heterocycles. The van der Waals surface area contributed by atoms with Crippen LogP contribution in [0.5, 0.6) is 5.88 Å². The van der Waals surface area contributed by atoms with Crippen LogP contribution >= 0.6 is 0 Å². The van der Waals surface area contributed by atoms with Crippen molar-refractivity contribution in [3.05, 3.63) is 53.5 Å². The highest BCUT2D eigenvalue weighted by atomic mass is 16.5. The molecular weight excluding hydrogens is 348 g/mol. The number of nitrogens with one attached hydrogen (secondary N) is 1. The molecule has 3 aromatic heterocycles. The Balaban J connectivity index is 1.46. The maximum Gasteiger partial charge on any atom is 0.213 e. The molecule has 0 fully saturated rings. The summed E-state index contributed by atoms with van der Waals surface area (Å²) in [6.07, 6.45) is 4.87. The Bertz CT molecular complexity index is 1120. The minimum absolute atomic E-state index is 0.300. The maximum absolute atomic E-state index is 5.98. The van der Waals surface area contributed by atoms with Crippen LogP contribution in [0.1, 0.15) is 55.8 Å². The van der Waals surface area contributed by atoms with E-state index >= 15 is 0 Å². The van der Waals surface area contributed by atoms with Gasteiger partial charge in [0.15, 0.2) is 0 Å². The van der Waals surface area contributed by atoms with Gasteiger partial charge in [0.2, 0.25) is 5.88 Å². The number of benzene rings is 1. The Labute approximate surface area is 165 Å². The molecule has 0 radical (unpaired) electrons. The lowest BCUT2D eigenvalue weighted by atomic mass is 10.1. The van der Waals surface area contributed by atoms with E-state index in [0.29, 0.717) is 24.4 Å². The SMILES string of the molecule is Cc1cc2ncn(C(C)CCOc3ccc4[nH]cc(C(C)C)c4n3)c2cc1C. The Morgan fingerprint density at radius 2 is 1.89 bits per heavy atom. The van der Waals surface area contributed by atoms with Crippen LogP contribution < -0.4 is 4.74 Å². The lowest BCUT2D eigenvalue weighted by Gasteiger charge is -2.15. The Kier molecular flexibility index (Phi) is 4.84. The van der Waals surface area contributed by atoms with Crippen LogP contribution in [0.15, 0.2) is 36.8 Å². The number of rotatable bonds is 6. The summed E-state index contributed by atoms with van der Waals surface area (Å²) in [5, 5.41) is 0. The van der Waals surface area contributed by atoms with Crippen molar-refractivity contribution in [2.75, 3.05) is 6.61 Å². The largest absolute Gasteiger partial charge is 0.478 e. The van der Waals surface area contributed by atoms with Crippen LogP contribution in [0.4, 0.5) is 0 Å². The molecule has 28 heavy (non-hydrogen) atoms. The van der Waals surface area contributed by atoms with Gasteiger partial charge >= 0.3 is 0 Å². The van der Waals surface area contributed by atoms with Crippen molar-refractivity contribution in [3.8, 4) is 5.88 Å². The smallest absolute Gasteiger partial charge is 0.213 e. The fraction of sp³-hybridized carbons (Fsp3) is 0.391. The molecule has 1 atom stereocenters. The number of hydrogen-bond donors (Lipinski definition) is 1. The van der Waals surface area contributed by atoms with Crippen LogP contribution in [0.2, 0.25) is 0 Å². The van der Waals surface area contributed by atoms with Crippen LogP contribution in [-0.2, 0) is 0 Å². The molecule has 0 saturated carbocycles. The lowest BCUT2D eigenvalue weighted by molar-refractivity contribution is 0.276. The van der Waals surface area contributed by atoms with Gasteiger partial charge < -0.3 is 14.3 Å². The molecule has 0 aliphatic rings. The molecule has 1 N–H and O–H groups in total. The number of imidazole rings is 1. The zero-order valence-corrected chi connectivity index (χ0v) is 17.3. The molecule has 4 aromatic rings. The molecule has 0 bridgehead atoms. The molecule has 3 heterocycles. The van der Waals surface area contributed by atoms with Crippen molar-refractivity contribution < 1.29 is 4.74 Å². The number of ether oxygens (including phenoxy) is 1. The van der Waals surface area contributed by atoms with Gasteiger partial charge in [-0.2, -0.15) is 0 Å². The number of H-pyrrole nitrogens is 1. The first-order valence-corrected chi connectivity index (χ1v) is 9.98. The van der Waals surface area contributed by atoms with Gasteiger partial charge in [0.25, 0.3) is 0 Å². The summed E-state index contributed by atoms with van der Waals surface area (Å²) >= 11 is 0. The van der Waals surface area contributed by atoms with E-state index in [1.807, 2.05) is 24.7 Å². The standard InChI is InChI=1S/C23H28N4O/c1-14(2)18-12-24-19-6-7-22(26-23(18)19)28-9-8-17(5)27-13-25-20-10-15(3)16(4)11-21(20)27/h6-7,10-14,17,24H,8-9H2,1-5H3. The van der Waals surface area contributed by atoms with Crippen LogP contribution in [0.25, 0.3) is 22.1 Å². The van der Waals surface area contributed by atoms with E-state index in [2.05, 4.69) is 61.3 Å². The molecular formula is C23H28N4O. The normalized spacial score (nSPS) is 12.9. The third-order valence-corrected chi connectivity index (χ3v) is 5.60. The van der Waals surface area contributed by atoms with Crippen molar-refractivity contribution in [1.29, 1.82) is 0 Å². The number of nitrogens with zero attached hydrogens (tertiary/aromatic N) is 3. The highest BCUT2D eigenvalue weighted by molar-refractivity contribution is 5.80. The Hall–Kier alpha value is -2.82. The van der Waals surface area contributed by atoms with Crippen molar-refractivity contribution >= 4 is 22.1 Å². The molecule has 5 nitrogen and oxygen atoms in total. The van der Waals surface area contributed by atoms with Gasteiger partial charge in [0.05, 0.1) is 35.0 Å². The fourth-order valence-electron chi connectivity index (χ4n) is 3.63. The first-order valence-electron chi connectivity index (χ1n) is 9.98. The molecule has 5 heteroatoms. The van der Waals surface area contributed by atoms with Gasteiger partial charge in [-0.15, -0.1) is 0 Å². The Morgan fingerprint density at radius 3 is 2.68 bits per heavy atom. The van der Waals surface area contributed by atoms with E-state index in [9.17, 15) is 0 Å². The van der Waals surface area contributed by atoms with Crippen molar-refractivity contribution in [3.63, 3.8) is 0 Å². The predicted molar refractivity (Wildman–Crippen MR) is 114 cm³/mol. The van der Waals surface area contributed by atoms with E-state index < -0.39 is 0 Å². The van der Waals surface area contributed by atoms with E-state index in [1.165, 1.54) is 22.2 Å². The molecule has 0 aliphatic carbocycles. The zero-order valence-electron chi connectivity index (χ0n) is 17.3. The first kappa shape index (κ1) is 18.5. The van der Waals surface area contributed by atoms with Gasteiger partial charge in [0.1, 0.15) is 0 Å². The summed E-state index contributed by atoms with van der Waals surface area (Å²) in [7, 11) is 0. The van der Waals surface area contributed by atoms with Crippen LogP contribution in [0, 0.1) is 13.8 Å². The van der Waals surface area contributed by atoms with Crippen molar-refractivity contribution in [1.82, 2.24) is 19.5 Å². The highest BCUT2D eigenvalue weighted by Crippen LogP contribution is 2.26. The summed E-state index contributed by atoms with van der Waals surface area (Å²) in [6.45, 7) is 11.5. The number of aromatic nitrogens is 4. The third kappa shape index (κ3) is 3.37. The predicted octanol–water partition coefficient (Wildman–Crippen LogP) is 5.68. The average molecular weight is 377 g/mol. The number of fused-ring (bicyclic) bond motifs is 2. The van der Waals surface area contributed by atoms with Crippen LogP contribution in [0.3, 0.4) is 0 Å². The van der Waals surface area contributed by atoms with Gasteiger partial charge in [-0.3, -0.25) is 0 Å². The summed E-state index contributed by atoms with van der Waals surface area (Å²) in [5.41, 5.74) is 8.10. The zero-order chi connectivity index (χ0) is 19.8. The van der Waals surface area contributed by atoms with E-state index in [-0.39, 0.29) is 0 Å². The minimum Gasteiger partial charge on any atom is -0.478 e. The number of aromatic amines is 1. The summed E-state index contributed by atoms with van der Waals surface area (Å²) in [5.74, 6) is 1.11. The second kappa shape index (κ2) is 7.30. The molecule has 4 rings (SSSR count). The molecule has 146 valence electrons. The topological polar surface area (TPSA) is 55.7 Å². The van der Waals surface area contributed by atoms with Gasteiger partial charge in [0, 0.05) is 24.7 Å². The average Bonchev–Trinajstić information content (AvgIpc) is 3.25. The van der Waals surface area contributed by atoms with Crippen LogP contribution in [-0.4, -0.2) is 26.1 Å². The monoisotopic (exact) mass is 376 g/mol. The molecule has 0 spiro atoms. The van der Waals surface area contributed by atoms with Gasteiger partial charge in [-0.05, 0) is 61.6 Å². The lowest BCUT2D eigenvalue weighted by Crippen LogP contribution is -2.09. The summed E-state index contributed by atoms with van der Waals surface area (Å²) < 4.78 is 8.22. The van der Waals surface area contributed by atoms with E-state index in [1.54, 1.807) is 0 Å². The van der Waals surface area contributed by atoms with Crippen molar-refractivity contribution in [2.45, 2.75) is 53.0 Å². The van der Waals surface area contributed by atoms with Gasteiger partial charge in [-0.1, -0.05) is 13.8 Å². The second-order valence-electron chi connectivity index (χ2n) is 8.01. The van der Waals surface area contributed by atoms with Crippen molar-refractivity contribution in [2.24, 2.45) is 0 Å². The first-order chi connectivity index (χ1) is 13.4. The fourth-order valence-corrected chi connectivity index (χ4v) is 3.63. The third-order valence-electron chi connectivity index (χ3n) is 5.60. The quantitative estimate of drug-likeness (QED) is 0.471. The Morgan fingerprint density at radius 1 is 1.11 bits per heavy atom. The molecule has 0 amide bonds. The summed E-state index contributed by atoms with van der Waals surface area (Å²) in [6, 6.07) is 8.67. The summed E-state index contributed by atoms with van der Waals surface area (Å²) in [4.78, 5) is 12.6. The molecule has 1 aromatic carbocycles. The number of pyridine rings is 1.